The summed E-state index contributed by atoms with van der Waals surface area (Å²) in [7, 11) is 3.41. The quantitative estimate of drug-likeness (QED) is 0.801. The van der Waals surface area contributed by atoms with Crippen molar-refractivity contribution in [2.24, 2.45) is 14.1 Å². The van der Waals surface area contributed by atoms with Crippen molar-refractivity contribution in [1.29, 1.82) is 0 Å². The topological polar surface area (TPSA) is 65.3 Å². The third kappa shape index (κ3) is 2.78. The van der Waals surface area contributed by atoms with Gasteiger partial charge in [0.2, 0.25) is 0 Å². The normalized spacial score (nSPS) is 10.8. The molecule has 3 rings (SSSR count). The fraction of sp³-hybridized carbons (Fsp3) is 0.222. The largest absolute Gasteiger partial charge is 0.494 e. The summed E-state index contributed by atoms with van der Waals surface area (Å²) in [6.45, 7) is 2.52. The molecule has 0 saturated carbocycles. The lowest BCUT2D eigenvalue weighted by atomic mass is 10.1. The standard InChI is InChI=1S/C18H19N3O3/c1-4-24-14-8-6-13(7-9-14)19-17(22)12-5-10-15-16(11-12)21(3)18(23)20(15)2/h5-11H,4H2,1-3H3,(H,19,22). The van der Waals surface area contributed by atoms with Crippen molar-refractivity contribution in [2.45, 2.75) is 6.92 Å². The Bertz CT molecular complexity index is 952. The average Bonchev–Trinajstić information content (AvgIpc) is 2.81. The van der Waals surface area contributed by atoms with Gasteiger partial charge in [-0.2, -0.15) is 0 Å². The van der Waals surface area contributed by atoms with Gasteiger partial charge in [0.1, 0.15) is 5.75 Å². The number of benzene rings is 2. The van der Waals surface area contributed by atoms with Crippen LogP contribution in [0, 0.1) is 0 Å². The first-order valence-corrected chi connectivity index (χ1v) is 7.71. The molecule has 6 nitrogen and oxygen atoms in total. The van der Waals surface area contributed by atoms with Crippen molar-refractivity contribution in [2.75, 3.05) is 11.9 Å². The number of ether oxygens (including phenoxy) is 1. The minimum absolute atomic E-state index is 0.117. The summed E-state index contributed by atoms with van der Waals surface area (Å²) in [6, 6.07) is 12.4. The molecule has 1 heterocycles. The van der Waals surface area contributed by atoms with Gasteiger partial charge in [-0.1, -0.05) is 0 Å². The number of fused-ring (bicyclic) bond motifs is 1. The van der Waals surface area contributed by atoms with E-state index in [0.717, 1.165) is 16.8 Å². The Morgan fingerprint density at radius 1 is 1.04 bits per heavy atom. The van der Waals surface area contributed by atoms with Crippen LogP contribution in [0.25, 0.3) is 11.0 Å². The summed E-state index contributed by atoms with van der Waals surface area (Å²) in [6.07, 6.45) is 0. The smallest absolute Gasteiger partial charge is 0.328 e. The van der Waals surface area contributed by atoms with E-state index >= 15 is 0 Å². The Hall–Kier alpha value is -3.02. The maximum Gasteiger partial charge on any atom is 0.328 e. The number of aromatic nitrogens is 2. The van der Waals surface area contributed by atoms with Gasteiger partial charge in [0.15, 0.2) is 0 Å². The van der Waals surface area contributed by atoms with Crippen LogP contribution in [-0.2, 0) is 14.1 Å². The number of hydrogen-bond donors (Lipinski definition) is 1. The fourth-order valence-electron chi connectivity index (χ4n) is 2.65. The van der Waals surface area contributed by atoms with Gasteiger partial charge in [-0.15, -0.1) is 0 Å². The maximum atomic E-state index is 12.4. The van der Waals surface area contributed by atoms with E-state index in [1.807, 2.05) is 19.1 Å². The van der Waals surface area contributed by atoms with Gasteiger partial charge in [0.05, 0.1) is 17.6 Å². The number of rotatable bonds is 4. The number of carbonyl (C=O) groups excluding carboxylic acids is 1. The first-order chi connectivity index (χ1) is 11.5. The predicted molar refractivity (Wildman–Crippen MR) is 93.7 cm³/mol. The zero-order chi connectivity index (χ0) is 17.3. The summed E-state index contributed by atoms with van der Waals surface area (Å²) in [4.78, 5) is 24.4. The maximum absolute atomic E-state index is 12.4. The van der Waals surface area contributed by atoms with Gasteiger partial charge in [0, 0.05) is 25.3 Å². The molecule has 0 spiro atoms. The minimum atomic E-state index is -0.225. The molecule has 124 valence electrons. The monoisotopic (exact) mass is 325 g/mol. The molecule has 3 aromatic rings. The van der Waals surface area contributed by atoms with E-state index in [1.54, 1.807) is 49.0 Å². The number of aryl methyl sites for hydroxylation is 2. The van der Waals surface area contributed by atoms with Crippen LogP contribution in [-0.4, -0.2) is 21.6 Å². The van der Waals surface area contributed by atoms with Crippen LogP contribution in [0.15, 0.2) is 47.3 Å². The van der Waals surface area contributed by atoms with Crippen LogP contribution >= 0.6 is 0 Å². The van der Waals surface area contributed by atoms with E-state index < -0.39 is 0 Å². The molecule has 1 amide bonds. The number of amides is 1. The van der Waals surface area contributed by atoms with E-state index in [9.17, 15) is 9.59 Å². The molecule has 0 saturated heterocycles. The summed E-state index contributed by atoms with van der Waals surface area (Å²) < 4.78 is 8.47. The number of hydrogen-bond acceptors (Lipinski definition) is 3. The molecule has 1 N–H and O–H groups in total. The molecule has 24 heavy (non-hydrogen) atoms. The molecule has 0 bridgehead atoms. The lowest BCUT2D eigenvalue weighted by molar-refractivity contribution is 0.102. The van der Waals surface area contributed by atoms with Gasteiger partial charge < -0.3 is 10.1 Å². The Morgan fingerprint density at radius 2 is 1.71 bits per heavy atom. The van der Waals surface area contributed by atoms with Crippen LogP contribution in [0.5, 0.6) is 5.75 Å². The Balaban J connectivity index is 1.86. The lowest BCUT2D eigenvalue weighted by Gasteiger charge is -2.07. The van der Waals surface area contributed by atoms with Gasteiger partial charge >= 0.3 is 5.69 Å². The van der Waals surface area contributed by atoms with Crippen LogP contribution in [0.3, 0.4) is 0 Å². The second-order valence-electron chi connectivity index (χ2n) is 5.52. The summed E-state index contributed by atoms with van der Waals surface area (Å²) in [5, 5.41) is 2.84. The Kier molecular flexibility index (Phi) is 4.12. The average molecular weight is 325 g/mol. The van der Waals surface area contributed by atoms with Gasteiger partial charge in [-0.3, -0.25) is 13.9 Å². The third-order valence-corrected chi connectivity index (χ3v) is 3.96. The molecule has 0 aliphatic heterocycles. The number of nitrogens with one attached hydrogen (secondary N) is 1. The summed E-state index contributed by atoms with van der Waals surface area (Å²) in [5.74, 6) is 0.536. The molecule has 0 fully saturated rings. The number of nitrogens with zero attached hydrogens (tertiary/aromatic N) is 2. The zero-order valence-electron chi connectivity index (χ0n) is 13.9. The van der Waals surface area contributed by atoms with Gasteiger partial charge in [-0.25, -0.2) is 4.79 Å². The highest BCUT2D eigenvalue weighted by Gasteiger charge is 2.12. The van der Waals surface area contributed by atoms with E-state index in [-0.39, 0.29) is 11.6 Å². The van der Waals surface area contributed by atoms with E-state index in [0.29, 0.717) is 17.9 Å². The molecule has 0 aliphatic carbocycles. The number of imidazole rings is 1. The molecule has 2 aromatic carbocycles. The molecule has 0 atom stereocenters. The predicted octanol–water partition coefficient (Wildman–Crippen LogP) is 2.53. The van der Waals surface area contributed by atoms with E-state index in [4.69, 9.17) is 4.74 Å². The Morgan fingerprint density at radius 3 is 2.38 bits per heavy atom. The molecule has 1 aromatic heterocycles. The molecule has 6 heteroatoms. The molecule has 0 aliphatic rings. The Labute approximate surface area is 139 Å². The number of carbonyl (C=O) groups is 1. The van der Waals surface area contributed by atoms with Crippen molar-refractivity contribution < 1.29 is 9.53 Å². The van der Waals surface area contributed by atoms with Crippen LogP contribution < -0.4 is 15.7 Å². The number of anilines is 1. The summed E-state index contributed by atoms with van der Waals surface area (Å²) >= 11 is 0. The van der Waals surface area contributed by atoms with Crippen LogP contribution in [0.4, 0.5) is 5.69 Å². The first kappa shape index (κ1) is 15.9. The molecule has 0 unspecified atom stereocenters. The molecule has 0 radical (unpaired) electrons. The SMILES string of the molecule is CCOc1ccc(NC(=O)c2ccc3c(c2)n(C)c(=O)n3C)cc1. The van der Waals surface area contributed by atoms with Crippen molar-refractivity contribution in [3.8, 4) is 5.75 Å². The zero-order valence-corrected chi connectivity index (χ0v) is 13.9. The van der Waals surface area contributed by atoms with Crippen LogP contribution in [0.2, 0.25) is 0 Å². The van der Waals surface area contributed by atoms with Gasteiger partial charge in [0.25, 0.3) is 5.91 Å². The van der Waals surface area contributed by atoms with E-state index in [2.05, 4.69) is 5.32 Å². The van der Waals surface area contributed by atoms with Crippen molar-refractivity contribution >= 4 is 22.6 Å². The first-order valence-electron chi connectivity index (χ1n) is 7.71. The van der Waals surface area contributed by atoms with Crippen LogP contribution in [0.1, 0.15) is 17.3 Å². The second kappa shape index (κ2) is 6.23. The lowest BCUT2D eigenvalue weighted by Crippen LogP contribution is -2.19. The summed E-state index contributed by atoms with van der Waals surface area (Å²) in [5.41, 5.74) is 2.58. The van der Waals surface area contributed by atoms with Gasteiger partial charge in [-0.05, 0) is 49.4 Å². The highest BCUT2D eigenvalue weighted by atomic mass is 16.5. The third-order valence-electron chi connectivity index (χ3n) is 3.96. The van der Waals surface area contributed by atoms with Crippen molar-refractivity contribution in [3.05, 3.63) is 58.5 Å². The molecular weight excluding hydrogens is 306 g/mol. The van der Waals surface area contributed by atoms with Crippen molar-refractivity contribution in [1.82, 2.24) is 9.13 Å². The second-order valence-corrected chi connectivity index (χ2v) is 5.52. The van der Waals surface area contributed by atoms with E-state index in [1.165, 1.54) is 4.57 Å². The van der Waals surface area contributed by atoms with Crippen molar-refractivity contribution in [3.63, 3.8) is 0 Å². The fourth-order valence-corrected chi connectivity index (χ4v) is 2.65. The highest BCUT2D eigenvalue weighted by molar-refractivity contribution is 6.06. The molecular formula is C18H19N3O3. The minimum Gasteiger partial charge on any atom is -0.494 e. The highest BCUT2D eigenvalue weighted by Crippen LogP contribution is 2.18.